The summed E-state index contributed by atoms with van der Waals surface area (Å²) in [6.07, 6.45) is 16.3. The molecule has 1 saturated carbocycles. The number of nitrogens with zero attached hydrogens (tertiary/aromatic N) is 1. The predicted molar refractivity (Wildman–Crippen MR) is 239 cm³/mol. The highest BCUT2D eigenvalue weighted by Crippen LogP contribution is 2.37. The number of rotatable bonds is 5. The Morgan fingerprint density at radius 2 is 1.58 bits per heavy atom. The van der Waals surface area contributed by atoms with Crippen LogP contribution in [0.1, 0.15) is 138 Å². The summed E-state index contributed by atoms with van der Waals surface area (Å²) in [4.78, 5) is 57.9. The van der Waals surface area contributed by atoms with E-state index in [-0.39, 0.29) is 55.1 Å². The molecule has 4 aliphatic rings. The lowest BCUT2D eigenvalue weighted by Crippen LogP contribution is -2.61. The van der Waals surface area contributed by atoms with Crippen molar-refractivity contribution in [1.82, 2.24) is 4.90 Å². The number of hydrogen-bond donors (Lipinski definition) is 3. The van der Waals surface area contributed by atoms with Crippen molar-refractivity contribution in [3.05, 3.63) is 47.6 Å². The van der Waals surface area contributed by atoms with Crippen LogP contribution in [-0.4, -0.2) is 113 Å². The van der Waals surface area contributed by atoms with Crippen LogP contribution in [0.25, 0.3) is 0 Å². The molecule has 0 aromatic heterocycles. The Labute approximate surface area is 371 Å². The van der Waals surface area contributed by atoms with Gasteiger partial charge in [-0.25, -0.2) is 4.79 Å². The van der Waals surface area contributed by atoms with Gasteiger partial charge in [0.05, 0.1) is 30.5 Å². The van der Waals surface area contributed by atoms with Gasteiger partial charge < -0.3 is 39.2 Å². The lowest BCUT2D eigenvalue weighted by Gasteiger charge is -2.42. The van der Waals surface area contributed by atoms with Crippen LogP contribution in [0.3, 0.4) is 0 Å². The zero-order valence-electron chi connectivity index (χ0n) is 39.1. The molecule has 3 fully saturated rings. The van der Waals surface area contributed by atoms with Gasteiger partial charge in [0.2, 0.25) is 5.79 Å². The fraction of sp³-hybridized carbons (Fsp3) is 0.760. The molecule has 12 heteroatoms. The first-order chi connectivity index (χ1) is 29.4. The highest BCUT2D eigenvalue weighted by atomic mass is 16.6. The first-order valence-corrected chi connectivity index (χ1v) is 23.5. The van der Waals surface area contributed by atoms with Gasteiger partial charge in [0, 0.05) is 45.4 Å². The van der Waals surface area contributed by atoms with Gasteiger partial charge in [-0.05, 0) is 126 Å². The molecule has 2 bridgehead atoms. The largest absolute Gasteiger partial charge is 0.460 e. The molecule has 1 aliphatic carbocycles. The van der Waals surface area contributed by atoms with E-state index in [4.69, 9.17) is 18.9 Å². The molecule has 3 aliphatic heterocycles. The third kappa shape index (κ3) is 14.2. The Morgan fingerprint density at radius 1 is 0.855 bits per heavy atom. The normalized spacial score (nSPS) is 38.7. The van der Waals surface area contributed by atoms with Gasteiger partial charge in [-0.15, -0.1) is 0 Å². The minimum atomic E-state index is -2.40. The average Bonchev–Trinajstić information content (AvgIpc) is 3.24. The second-order valence-corrected chi connectivity index (χ2v) is 19.4. The van der Waals surface area contributed by atoms with Crippen molar-refractivity contribution in [2.75, 3.05) is 20.8 Å². The molecule has 62 heavy (non-hydrogen) atoms. The lowest BCUT2D eigenvalue weighted by molar-refractivity contribution is -0.265. The van der Waals surface area contributed by atoms with E-state index < -0.39 is 59.8 Å². The Bertz CT molecular complexity index is 1620. The van der Waals surface area contributed by atoms with E-state index >= 15 is 0 Å². The summed E-state index contributed by atoms with van der Waals surface area (Å²) in [5.74, 6) is -5.76. The third-order valence-corrected chi connectivity index (χ3v) is 14.2. The number of esters is 1. The number of piperidine rings is 1. The third-order valence-electron chi connectivity index (χ3n) is 14.2. The summed E-state index contributed by atoms with van der Waals surface area (Å²) in [7, 11) is 3.20. The Hall–Kier alpha value is -3.00. The smallest absolute Gasteiger partial charge is 0.329 e. The molecule has 1 amide bonds. The van der Waals surface area contributed by atoms with Crippen LogP contribution in [0, 0.1) is 35.5 Å². The summed E-state index contributed by atoms with van der Waals surface area (Å²) >= 11 is 0. The van der Waals surface area contributed by atoms with Gasteiger partial charge in [0.1, 0.15) is 12.1 Å². The van der Waals surface area contributed by atoms with Crippen molar-refractivity contribution in [3.8, 4) is 0 Å². The first kappa shape index (κ1) is 51.6. The van der Waals surface area contributed by atoms with Gasteiger partial charge in [-0.3, -0.25) is 14.4 Å². The summed E-state index contributed by atoms with van der Waals surface area (Å²) in [6, 6.07) is -1.09. The van der Waals surface area contributed by atoms with Crippen LogP contribution in [-0.2, 0) is 38.1 Å². The van der Waals surface area contributed by atoms with Crippen molar-refractivity contribution in [3.63, 3.8) is 0 Å². The molecular formula is C50H79NO11. The van der Waals surface area contributed by atoms with Crippen molar-refractivity contribution in [2.45, 2.75) is 187 Å². The van der Waals surface area contributed by atoms with E-state index in [0.29, 0.717) is 75.2 Å². The topological polar surface area (TPSA) is 169 Å². The lowest BCUT2D eigenvalue weighted by atomic mass is 9.78. The number of aliphatic hydroxyl groups is 3. The highest BCUT2D eigenvalue weighted by molar-refractivity contribution is 6.39. The van der Waals surface area contributed by atoms with E-state index in [9.17, 15) is 34.5 Å². The average molecular weight is 870 g/mol. The first-order valence-electron chi connectivity index (χ1n) is 23.5. The molecule has 0 radical (unpaired) electrons. The maximum absolute atomic E-state index is 14.3. The summed E-state index contributed by atoms with van der Waals surface area (Å²) in [5.41, 5.74) is 1.42. The molecular weight excluding hydrogens is 791 g/mol. The van der Waals surface area contributed by atoms with Gasteiger partial charge in [0.25, 0.3) is 11.7 Å². The molecule has 4 rings (SSSR count). The molecule has 3 heterocycles. The Kier molecular flexibility index (Phi) is 20.3. The number of carbonyl (C=O) groups excluding carboxylic acids is 4. The maximum Gasteiger partial charge on any atom is 0.329 e. The van der Waals surface area contributed by atoms with Crippen molar-refractivity contribution < 1.29 is 53.4 Å². The van der Waals surface area contributed by atoms with Gasteiger partial charge in [0.15, 0.2) is 5.78 Å². The zero-order chi connectivity index (χ0) is 45.7. The van der Waals surface area contributed by atoms with E-state index in [1.54, 1.807) is 28.1 Å². The van der Waals surface area contributed by atoms with Gasteiger partial charge in [-0.2, -0.15) is 0 Å². The molecule has 14 unspecified atom stereocenters. The molecule has 12 nitrogen and oxygen atoms in total. The van der Waals surface area contributed by atoms with E-state index in [0.717, 1.165) is 24.8 Å². The summed E-state index contributed by atoms with van der Waals surface area (Å²) in [5, 5.41) is 33.5. The van der Waals surface area contributed by atoms with Crippen LogP contribution in [0.4, 0.5) is 0 Å². The standard InChI is InChI=1S/C50H79NO11/c1-31-15-11-10-12-16-33(3)44(59-8)29-39-21-19-37(7)50(58,62-39)47(55)48(56)51-24-14-13-17-40(51)49(57)61-45(36(6)27-38-20-23-42(53)46(28-38)60-9)30-43(54)35(5)26-34(4)41(52)22-18-32(2)25-31/h10-12,15-16,26,31-32,34,36-42,44-46,52-53,58H,13-14,17-25,27-30H2,1-9H3/b12-10?,15-11?,33-16?,35-26+. The Morgan fingerprint density at radius 3 is 2.29 bits per heavy atom. The van der Waals surface area contributed by atoms with Crippen LogP contribution >= 0.6 is 0 Å². The number of carbonyl (C=O) groups is 4. The van der Waals surface area contributed by atoms with Gasteiger partial charge >= 0.3 is 5.97 Å². The number of hydrogen-bond acceptors (Lipinski definition) is 11. The van der Waals surface area contributed by atoms with Crippen LogP contribution in [0.5, 0.6) is 0 Å². The van der Waals surface area contributed by atoms with Crippen LogP contribution in [0.15, 0.2) is 47.6 Å². The predicted octanol–water partition coefficient (Wildman–Crippen LogP) is 7.38. The number of allylic oxidation sites excluding steroid dienone is 6. The van der Waals surface area contributed by atoms with Crippen molar-refractivity contribution >= 4 is 23.4 Å². The number of ketones is 2. The summed E-state index contributed by atoms with van der Waals surface area (Å²) in [6.45, 7) is 13.7. The zero-order valence-corrected chi connectivity index (χ0v) is 39.1. The monoisotopic (exact) mass is 870 g/mol. The quantitative estimate of drug-likeness (QED) is 0.186. The van der Waals surface area contributed by atoms with Crippen molar-refractivity contribution in [1.29, 1.82) is 0 Å². The van der Waals surface area contributed by atoms with Crippen LogP contribution < -0.4 is 0 Å². The molecule has 0 aromatic rings. The fourth-order valence-corrected chi connectivity index (χ4v) is 9.97. The van der Waals surface area contributed by atoms with Gasteiger partial charge in [-0.1, -0.05) is 71.1 Å². The fourth-order valence-electron chi connectivity index (χ4n) is 9.97. The number of methoxy groups -OCH3 is 2. The summed E-state index contributed by atoms with van der Waals surface area (Å²) < 4.78 is 23.8. The van der Waals surface area contributed by atoms with Crippen LogP contribution in [0.2, 0.25) is 0 Å². The van der Waals surface area contributed by atoms with E-state index in [2.05, 4.69) is 19.9 Å². The second-order valence-electron chi connectivity index (χ2n) is 19.4. The molecule has 0 spiro atoms. The number of amides is 1. The molecule has 3 N–H and O–H groups in total. The number of fused-ring (bicyclic) bond motifs is 3. The minimum Gasteiger partial charge on any atom is -0.460 e. The molecule has 0 aromatic carbocycles. The molecule has 2 saturated heterocycles. The Balaban J connectivity index is 1.65. The molecule has 350 valence electrons. The van der Waals surface area contributed by atoms with Crippen molar-refractivity contribution in [2.24, 2.45) is 35.5 Å². The minimum absolute atomic E-state index is 0.0953. The SMILES string of the molecule is COC1CC2CCC(C)C(O)(O2)C(=O)C(=O)N2CCCCC2C(=O)OC(C(C)CC2CCC(O)C(OC)C2)CC(=O)/C(C)=C/C(C)C(O)CCC(C)CC(C)C=CC=CC=C1C. The van der Waals surface area contributed by atoms with E-state index in [1.807, 2.05) is 51.2 Å². The number of aliphatic hydroxyl groups excluding tert-OH is 2. The maximum atomic E-state index is 14.3. The van der Waals surface area contributed by atoms with E-state index in [1.165, 1.54) is 4.90 Å². The molecule has 14 atom stereocenters. The second kappa shape index (κ2) is 24.3. The number of Topliss-reactive ketones (excluding diaryl/α,β-unsaturated/α-hetero) is 2. The number of ether oxygens (including phenoxy) is 4. The highest BCUT2D eigenvalue weighted by Gasteiger charge is 2.53. The number of cyclic esters (lactones) is 1.